The number of nitrogens with zero attached hydrogens (tertiary/aromatic N) is 3. The molecular weight excluding hydrogens is 418 g/mol. The molecule has 7 nitrogen and oxygen atoms in total. The molecule has 0 spiro atoms. The number of nitrogens with one attached hydrogen (secondary N) is 1. The molecule has 168 valence electrons. The predicted octanol–water partition coefficient (Wildman–Crippen LogP) is 3.01. The Hall–Kier alpha value is -3.49. The zero-order valence-electron chi connectivity index (χ0n) is 17.9. The van der Waals surface area contributed by atoms with Gasteiger partial charge in [0, 0.05) is 32.3 Å². The molecule has 1 fully saturated rings. The number of halogens is 2. The standard InChI is InChI=1S/C23H24F2N4O3/c1-27(2)22(31)14-6-9-18-20(11-14)29(23(32)19-5-3-4-10-28(18)19)13-21(30)26-17-12-15(24)7-8-16(17)25/h6-9,11-12,19H,3-5,10,13H2,1-2H3,(H,26,30)/t19-/m1/s1. The van der Waals surface area contributed by atoms with E-state index in [1.54, 1.807) is 32.3 Å². The van der Waals surface area contributed by atoms with Gasteiger partial charge in [-0.15, -0.1) is 0 Å². The molecule has 4 rings (SSSR count). The first kappa shape index (κ1) is 21.7. The number of amides is 3. The lowest BCUT2D eigenvalue weighted by Gasteiger charge is -2.45. The Morgan fingerprint density at radius 1 is 1.09 bits per heavy atom. The van der Waals surface area contributed by atoms with E-state index in [1.807, 2.05) is 4.90 Å². The molecule has 2 heterocycles. The van der Waals surface area contributed by atoms with Crippen LogP contribution >= 0.6 is 0 Å². The van der Waals surface area contributed by atoms with Gasteiger partial charge in [0.2, 0.25) is 11.8 Å². The van der Waals surface area contributed by atoms with Gasteiger partial charge >= 0.3 is 0 Å². The monoisotopic (exact) mass is 442 g/mol. The lowest BCUT2D eigenvalue weighted by Crippen LogP contribution is -2.56. The fraction of sp³-hybridized carbons (Fsp3) is 0.348. The summed E-state index contributed by atoms with van der Waals surface area (Å²) in [5.41, 5.74) is 1.32. The number of hydrogen-bond donors (Lipinski definition) is 1. The number of carbonyl (C=O) groups excluding carboxylic acids is 3. The summed E-state index contributed by atoms with van der Waals surface area (Å²) in [4.78, 5) is 43.3. The molecule has 0 unspecified atom stereocenters. The van der Waals surface area contributed by atoms with Crippen LogP contribution in [0.1, 0.15) is 29.6 Å². The largest absolute Gasteiger partial charge is 0.358 e. The quantitative estimate of drug-likeness (QED) is 0.790. The number of anilines is 3. The molecule has 0 radical (unpaired) electrons. The molecule has 9 heteroatoms. The van der Waals surface area contributed by atoms with Crippen molar-refractivity contribution in [3.63, 3.8) is 0 Å². The molecular formula is C23H24F2N4O3. The summed E-state index contributed by atoms with van der Waals surface area (Å²) in [5, 5.41) is 2.34. The molecule has 32 heavy (non-hydrogen) atoms. The van der Waals surface area contributed by atoms with E-state index >= 15 is 0 Å². The number of rotatable bonds is 4. The van der Waals surface area contributed by atoms with E-state index in [9.17, 15) is 23.2 Å². The summed E-state index contributed by atoms with van der Waals surface area (Å²) in [6.07, 6.45) is 2.50. The van der Waals surface area contributed by atoms with Gasteiger partial charge in [0.1, 0.15) is 24.2 Å². The van der Waals surface area contributed by atoms with Gasteiger partial charge < -0.3 is 15.1 Å². The number of carbonyl (C=O) groups is 3. The highest BCUT2D eigenvalue weighted by Crippen LogP contribution is 2.40. The summed E-state index contributed by atoms with van der Waals surface area (Å²) in [6, 6.07) is 7.48. The summed E-state index contributed by atoms with van der Waals surface area (Å²) < 4.78 is 27.4. The molecule has 0 bridgehead atoms. The van der Waals surface area contributed by atoms with Gasteiger partial charge in [0.25, 0.3) is 5.91 Å². The third-order valence-corrected chi connectivity index (χ3v) is 5.79. The third-order valence-electron chi connectivity index (χ3n) is 5.79. The second-order valence-electron chi connectivity index (χ2n) is 8.20. The van der Waals surface area contributed by atoms with E-state index in [1.165, 1.54) is 9.80 Å². The number of piperidine rings is 1. The normalized spacial score (nSPS) is 17.5. The first-order valence-electron chi connectivity index (χ1n) is 10.4. The smallest absolute Gasteiger partial charge is 0.253 e. The molecule has 0 saturated carbocycles. The van der Waals surface area contributed by atoms with Crippen LogP contribution in [0.25, 0.3) is 0 Å². The highest BCUT2D eigenvalue weighted by atomic mass is 19.1. The summed E-state index contributed by atoms with van der Waals surface area (Å²) in [5.74, 6) is -2.61. The van der Waals surface area contributed by atoms with Crippen LogP contribution in [0.3, 0.4) is 0 Å². The average molecular weight is 442 g/mol. The van der Waals surface area contributed by atoms with E-state index in [-0.39, 0.29) is 24.0 Å². The summed E-state index contributed by atoms with van der Waals surface area (Å²) >= 11 is 0. The third kappa shape index (κ3) is 4.02. The highest BCUT2D eigenvalue weighted by Gasteiger charge is 2.40. The Morgan fingerprint density at radius 3 is 2.62 bits per heavy atom. The van der Waals surface area contributed by atoms with Crippen molar-refractivity contribution in [2.24, 2.45) is 0 Å². The fourth-order valence-electron chi connectivity index (χ4n) is 4.24. The molecule has 0 aromatic heterocycles. The van der Waals surface area contributed by atoms with E-state index in [0.717, 1.165) is 36.7 Å². The van der Waals surface area contributed by atoms with Gasteiger partial charge in [-0.25, -0.2) is 8.78 Å². The molecule has 2 aromatic carbocycles. The number of fused-ring (bicyclic) bond motifs is 3. The van der Waals surface area contributed by atoms with Crippen molar-refractivity contribution in [3.8, 4) is 0 Å². The minimum absolute atomic E-state index is 0.229. The topological polar surface area (TPSA) is 73.0 Å². The van der Waals surface area contributed by atoms with Crippen LogP contribution in [0.5, 0.6) is 0 Å². The Morgan fingerprint density at radius 2 is 1.88 bits per heavy atom. The fourth-order valence-corrected chi connectivity index (χ4v) is 4.24. The molecule has 3 amide bonds. The van der Waals surface area contributed by atoms with E-state index in [0.29, 0.717) is 24.2 Å². The van der Waals surface area contributed by atoms with Crippen LogP contribution < -0.4 is 15.1 Å². The van der Waals surface area contributed by atoms with Crippen molar-refractivity contribution in [2.45, 2.75) is 25.3 Å². The molecule has 1 saturated heterocycles. The minimum atomic E-state index is -0.776. The number of hydrogen-bond acceptors (Lipinski definition) is 4. The molecule has 2 aliphatic heterocycles. The van der Waals surface area contributed by atoms with E-state index < -0.39 is 23.6 Å². The highest BCUT2D eigenvalue weighted by molar-refractivity contribution is 6.11. The maximum atomic E-state index is 14.0. The minimum Gasteiger partial charge on any atom is -0.358 e. The van der Waals surface area contributed by atoms with Gasteiger partial charge in [-0.3, -0.25) is 19.3 Å². The zero-order chi connectivity index (χ0) is 23.0. The molecule has 2 aliphatic rings. The van der Waals surface area contributed by atoms with E-state index in [4.69, 9.17) is 0 Å². The van der Waals surface area contributed by atoms with Crippen molar-refractivity contribution in [1.29, 1.82) is 0 Å². The first-order valence-corrected chi connectivity index (χ1v) is 10.4. The van der Waals surface area contributed by atoms with Crippen molar-refractivity contribution in [3.05, 3.63) is 53.6 Å². The molecule has 0 aliphatic carbocycles. The SMILES string of the molecule is CN(C)C(=O)c1ccc2c(c1)N(CC(=O)Nc1cc(F)ccc1F)C(=O)[C@H]1CCCCN21. The van der Waals surface area contributed by atoms with Crippen LogP contribution in [0.2, 0.25) is 0 Å². The van der Waals surface area contributed by atoms with Gasteiger partial charge in [-0.2, -0.15) is 0 Å². The van der Waals surface area contributed by atoms with Crippen molar-refractivity contribution >= 4 is 34.8 Å². The van der Waals surface area contributed by atoms with E-state index in [2.05, 4.69) is 5.32 Å². The van der Waals surface area contributed by atoms with Gasteiger partial charge in [0.05, 0.1) is 17.1 Å². The molecule has 1 atom stereocenters. The maximum Gasteiger partial charge on any atom is 0.253 e. The number of benzene rings is 2. The van der Waals surface area contributed by atoms with Crippen molar-refractivity contribution in [1.82, 2.24) is 4.90 Å². The van der Waals surface area contributed by atoms with Gasteiger partial charge in [-0.05, 0) is 49.6 Å². The van der Waals surface area contributed by atoms with Crippen LogP contribution in [-0.2, 0) is 9.59 Å². The Kier molecular flexibility index (Phi) is 5.82. The van der Waals surface area contributed by atoms with Crippen LogP contribution in [0.15, 0.2) is 36.4 Å². The first-order chi connectivity index (χ1) is 15.3. The van der Waals surface area contributed by atoms with Gasteiger partial charge in [0.15, 0.2) is 0 Å². The Bertz CT molecular complexity index is 1090. The zero-order valence-corrected chi connectivity index (χ0v) is 17.9. The summed E-state index contributed by atoms with van der Waals surface area (Å²) in [7, 11) is 3.26. The Balaban J connectivity index is 1.68. The predicted molar refractivity (Wildman–Crippen MR) is 117 cm³/mol. The average Bonchev–Trinajstić information content (AvgIpc) is 2.78. The maximum absolute atomic E-state index is 14.0. The lowest BCUT2D eigenvalue weighted by atomic mass is 9.95. The Labute approximate surface area is 184 Å². The lowest BCUT2D eigenvalue weighted by molar-refractivity contribution is -0.123. The summed E-state index contributed by atoms with van der Waals surface area (Å²) in [6.45, 7) is 0.324. The van der Waals surface area contributed by atoms with Crippen LogP contribution in [0, 0.1) is 11.6 Å². The van der Waals surface area contributed by atoms with Crippen molar-refractivity contribution in [2.75, 3.05) is 42.3 Å². The van der Waals surface area contributed by atoms with Crippen molar-refractivity contribution < 1.29 is 23.2 Å². The van der Waals surface area contributed by atoms with Gasteiger partial charge in [-0.1, -0.05) is 0 Å². The van der Waals surface area contributed by atoms with Crippen LogP contribution in [0.4, 0.5) is 25.8 Å². The molecule has 1 N–H and O–H groups in total. The van der Waals surface area contributed by atoms with Crippen LogP contribution in [-0.4, -0.2) is 55.8 Å². The second-order valence-corrected chi connectivity index (χ2v) is 8.20. The molecule has 2 aromatic rings. The second kappa shape index (κ2) is 8.57.